The van der Waals surface area contributed by atoms with Crippen molar-refractivity contribution in [1.29, 1.82) is 0 Å². The van der Waals surface area contributed by atoms with Gasteiger partial charge in [-0.3, -0.25) is 0 Å². The molecule has 34 heavy (non-hydrogen) atoms. The number of fused-ring (bicyclic) bond motifs is 2. The molecule has 0 aliphatic heterocycles. The van der Waals surface area contributed by atoms with Crippen LogP contribution in [0.15, 0.2) is 67.4 Å². The largest absolute Gasteiger partial charge is 0.391 e. The van der Waals surface area contributed by atoms with E-state index in [1.807, 2.05) is 36.4 Å². The van der Waals surface area contributed by atoms with E-state index in [0.717, 1.165) is 45.1 Å². The molecule has 0 fully saturated rings. The van der Waals surface area contributed by atoms with E-state index in [1.165, 1.54) is 28.9 Å². The van der Waals surface area contributed by atoms with Crippen molar-refractivity contribution in [3.63, 3.8) is 0 Å². The number of anilines is 2. The number of nitrogens with zero attached hydrogens (tertiary/aromatic N) is 4. The number of hydrogen-bond donors (Lipinski definition) is 2. The Labute approximate surface area is 205 Å². The predicted molar refractivity (Wildman–Crippen MR) is 141 cm³/mol. The first-order valence-electron chi connectivity index (χ1n) is 11.0. The summed E-state index contributed by atoms with van der Waals surface area (Å²) in [5, 5.41) is 10.2. The van der Waals surface area contributed by atoms with E-state index < -0.39 is 0 Å². The molecular weight excluding hydrogens is 464 g/mol. The number of nitrogens with two attached hydrogens (primary N) is 1. The normalized spacial score (nSPS) is 12.7. The first kappa shape index (κ1) is 20.9. The first-order valence-corrected chi connectivity index (χ1v) is 12.2. The van der Waals surface area contributed by atoms with Gasteiger partial charge < -0.3 is 11.1 Å². The highest BCUT2D eigenvalue weighted by molar-refractivity contribution is 7.16. The highest BCUT2D eigenvalue weighted by Crippen LogP contribution is 2.32. The maximum Gasteiger partial charge on any atom is 0.169 e. The molecule has 6 rings (SSSR count). The maximum atomic E-state index is 6.26. The van der Waals surface area contributed by atoms with Gasteiger partial charge in [0.1, 0.15) is 5.82 Å². The molecule has 8 heteroatoms. The van der Waals surface area contributed by atoms with Gasteiger partial charge in [0.15, 0.2) is 11.5 Å². The predicted octanol–water partition coefficient (Wildman–Crippen LogP) is 6.35. The summed E-state index contributed by atoms with van der Waals surface area (Å²) < 4.78 is 1.79. The summed E-state index contributed by atoms with van der Waals surface area (Å²) >= 11 is 7.73. The third-order valence-electron chi connectivity index (χ3n) is 6.03. The number of hydrogen-bond acceptors (Lipinski definition) is 6. The number of halogens is 1. The molecule has 0 saturated carbocycles. The minimum Gasteiger partial charge on any atom is -0.391 e. The lowest BCUT2D eigenvalue weighted by Gasteiger charge is -2.12. The van der Waals surface area contributed by atoms with Crippen molar-refractivity contribution in [2.45, 2.75) is 19.3 Å². The zero-order valence-electron chi connectivity index (χ0n) is 18.3. The van der Waals surface area contributed by atoms with Crippen molar-refractivity contribution in [3.8, 4) is 17.1 Å². The molecule has 3 N–H and O–H groups in total. The lowest BCUT2D eigenvalue weighted by atomic mass is 10.1. The van der Waals surface area contributed by atoms with Crippen LogP contribution < -0.4 is 11.1 Å². The number of aryl methyl sites for hydroxylation is 2. The van der Waals surface area contributed by atoms with Crippen LogP contribution in [0.2, 0.25) is 5.02 Å². The number of aromatic nitrogens is 4. The van der Waals surface area contributed by atoms with Crippen LogP contribution in [0.4, 0.5) is 10.8 Å². The smallest absolute Gasteiger partial charge is 0.169 e. The summed E-state index contributed by atoms with van der Waals surface area (Å²) in [5.41, 5.74) is 11.9. The van der Waals surface area contributed by atoms with Crippen LogP contribution in [0.25, 0.3) is 33.8 Å². The lowest BCUT2D eigenvalue weighted by Crippen LogP contribution is -2.04. The monoisotopic (exact) mass is 484 g/mol. The Hall–Kier alpha value is -3.68. The molecule has 2 aromatic carbocycles. The second kappa shape index (κ2) is 8.27. The van der Waals surface area contributed by atoms with Gasteiger partial charge >= 0.3 is 0 Å². The molecule has 0 saturated heterocycles. The van der Waals surface area contributed by atoms with Gasteiger partial charge in [-0.1, -0.05) is 36.4 Å². The fraction of sp³-hybridized carbons (Fsp3) is 0.115. The SMILES string of the molecule is C=C(Nc1nc(-c2ccc3c(c2)CCC3)nc2c1cnn2-c1cccc(Cl)c1)c1ccc(N)s1. The highest BCUT2D eigenvalue weighted by Gasteiger charge is 2.18. The van der Waals surface area contributed by atoms with E-state index >= 15 is 0 Å². The molecule has 1 aliphatic rings. The molecule has 0 amide bonds. The molecule has 3 aromatic heterocycles. The van der Waals surface area contributed by atoms with Gasteiger partial charge in [-0.15, -0.1) is 11.3 Å². The molecule has 5 aromatic rings. The standard InChI is InChI=1S/C26H21ClN6S/c1-15(22-10-11-23(28)34-22)30-25-21-14-29-33(20-7-3-6-19(27)13-20)26(21)32-24(31-25)18-9-8-16-4-2-5-17(16)12-18/h3,6-14H,1-2,4-5,28H2,(H,30,31,32). The molecule has 0 radical (unpaired) electrons. The summed E-state index contributed by atoms with van der Waals surface area (Å²) in [6.07, 6.45) is 5.18. The zero-order chi connectivity index (χ0) is 23.2. The second-order valence-corrected chi connectivity index (χ2v) is 9.86. The Kier molecular flexibility index (Phi) is 5.08. The van der Waals surface area contributed by atoms with Crippen molar-refractivity contribution in [1.82, 2.24) is 19.7 Å². The van der Waals surface area contributed by atoms with Crippen LogP contribution in [-0.4, -0.2) is 19.7 Å². The van der Waals surface area contributed by atoms with Crippen LogP contribution in [0.5, 0.6) is 0 Å². The van der Waals surface area contributed by atoms with Gasteiger partial charge in [0, 0.05) is 16.3 Å². The summed E-state index contributed by atoms with van der Waals surface area (Å²) in [5.74, 6) is 1.28. The molecule has 0 unspecified atom stereocenters. The van der Waals surface area contributed by atoms with E-state index in [9.17, 15) is 0 Å². The number of nitrogens with one attached hydrogen (secondary N) is 1. The third-order valence-corrected chi connectivity index (χ3v) is 7.24. The van der Waals surface area contributed by atoms with E-state index in [0.29, 0.717) is 22.3 Å². The molecule has 0 atom stereocenters. The van der Waals surface area contributed by atoms with Crippen LogP contribution >= 0.6 is 22.9 Å². The minimum absolute atomic E-state index is 0.631. The summed E-state index contributed by atoms with van der Waals surface area (Å²) in [7, 11) is 0. The van der Waals surface area contributed by atoms with Crippen molar-refractivity contribution in [3.05, 3.63) is 88.4 Å². The van der Waals surface area contributed by atoms with Gasteiger partial charge in [-0.25, -0.2) is 14.6 Å². The van der Waals surface area contributed by atoms with E-state index in [-0.39, 0.29) is 0 Å². The Balaban J connectivity index is 1.51. The molecule has 0 bridgehead atoms. The Morgan fingerprint density at radius 2 is 1.94 bits per heavy atom. The quantitative estimate of drug-likeness (QED) is 0.303. The van der Waals surface area contributed by atoms with Gasteiger partial charge in [-0.05, 0) is 66.8 Å². The minimum atomic E-state index is 0.631. The van der Waals surface area contributed by atoms with Gasteiger partial charge in [0.25, 0.3) is 0 Å². The fourth-order valence-electron chi connectivity index (χ4n) is 4.36. The molecule has 1 aliphatic carbocycles. The number of nitrogen functional groups attached to an aromatic ring is 1. The zero-order valence-corrected chi connectivity index (χ0v) is 19.8. The lowest BCUT2D eigenvalue weighted by molar-refractivity contribution is 0.896. The summed E-state index contributed by atoms with van der Waals surface area (Å²) in [6, 6.07) is 17.9. The Morgan fingerprint density at radius 3 is 2.76 bits per heavy atom. The maximum absolute atomic E-state index is 6.26. The first-order chi connectivity index (χ1) is 16.5. The van der Waals surface area contributed by atoms with Crippen LogP contribution in [0.1, 0.15) is 22.4 Å². The van der Waals surface area contributed by atoms with Gasteiger partial charge in [-0.2, -0.15) is 5.10 Å². The second-order valence-electron chi connectivity index (χ2n) is 8.31. The molecule has 3 heterocycles. The molecule has 0 spiro atoms. The van der Waals surface area contributed by atoms with Crippen LogP contribution in [0.3, 0.4) is 0 Å². The summed E-state index contributed by atoms with van der Waals surface area (Å²) in [6.45, 7) is 4.21. The molecule has 6 nitrogen and oxygen atoms in total. The van der Waals surface area contributed by atoms with E-state index in [4.69, 9.17) is 27.3 Å². The average molecular weight is 485 g/mol. The van der Waals surface area contributed by atoms with Crippen molar-refractivity contribution < 1.29 is 0 Å². The third kappa shape index (κ3) is 3.73. The van der Waals surface area contributed by atoms with Gasteiger partial charge in [0.2, 0.25) is 0 Å². The molecular formula is C26H21ClN6S. The van der Waals surface area contributed by atoms with Crippen LogP contribution in [-0.2, 0) is 12.8 Å². The number of benzene rings is 2. The Bertz CT molecular complexity index is 1570. The van der Waals surface area contributed by atoms with Crippen LogP contribution in [0, 0.1) is 0 Å². The van der Waals surface area contributed by atoms with Gasteiger partial charge in [0.05, 0.1) is 27.1 Å². The van der Waals surface area contributed by atoms with Crippen molar-refractivity contribution in [2.24, 2.45) is 0 Å². The Morgan fingerprint density at radius 1 is 1.06 bits per heavy atom. The van der Waals surface area contributed by atoms with E-state index in [2.05, 4.69) is 35.2 Å². The van der Waals surface area contributed by atoms with Crippen molar-refractivity contribution >= 4 is 50.5 Å². The van der Waals surface area contributed by atoms with Crippen molar-refractivity contribution in [2.75, 3.05) is 11.1 Å². The molecule has 168 valence electrons. The highest BCUT2D eigenvalue weighted by atomic mass is 35.5. The number of thiophene rings is 1. The van der Waals surface area contributed by atoms with E-state index in [1.54, 1.807) is 10.9 Å². The summed E-state index contributed by atoms with van der Waals surface area (Å²) in [4.78, 5) is 10.8. The fourth-order valence-corrected chi connectivity index (χ4v) is 5.24. The average Bonchev–Trinajstić information content (AvgIpc) is 3.57. The number of rotatable bonds is 5. The topological polar surface area (TPSA) is 81.7 Å².